The number of anilines is 1. The topological polar surface area (TPSA) is 15.3 Å². The van der Waals surface area contributed by atoms with Gasteiger partial charge in [0.05, 0.1) is 5.56 Å². The maximum absolute atomic E-state index is 12.6. The highest BCUT2D eigenvalue weighted by atomic mass is 79.9. The van der Waals surface area contributed by atoms with Crippen LogP contribution in [-0.4, -0.2) is 30.6 Å². The first kappa shape index (κ1) is 15.2. The van der Waals surface area contributed by atoms with Crippen molar-refractivity contribution in [3.63, 3.8) is 0 Å². The van der Waals surface area contributed by atoms with E-state index in [1.807, 2.05) is 0 Å². The Bertz CT molecular complexity index is 514. The molecule has 0 aromatic heterocycles. The van der Waals surface area contributed by atoms with Crippen LogP contribution in [0.4, 0.5) is 18.9 Å². The molecule has 116 valence electrons. The Labute approximate surface area is 130 Å². The van der Waals surface area contributed by atoms with Gasteiger partial charge in [0.15, 0.2) is 0 Å². The summed E-state index contributed by atoms with van der Waals surface area (Å²) >= 11 is 3.22. The summed E-state index contributed by atoms with van der Waals surface area (Å²) in [6.07, 6.45) is -0.478. The van der Waals surface area contributed by atoms with Crippen molar-refractivity contribution in [2.75, 3.05) is 25.0 Å². The predicted molar refractivity (Wildman–Crippen MR) is 80.3 cm³/mol. The summed E-state index contributed by atoms with van der Waals surface area (Å²) in [5, 5.41) is 3.27. The highest BCUT2D eigenvalue weighted by molar-refractivity contribution is 9.10. The Kier molecular flexibility index (Phi) is 4.19. The second-order valence-corrected chi connectivity index (χ2v) is 6.81. The SMILES string of the molecule is FC(F)(F)c1ccc(NCC2CCN(C3CC3)C2)c(Br)c1. The van der Waals surface area contributed by atoms with E-state index in [2.05, 4.69) is 26.1 Å². The average molecular weight is 363 g/mol. The Morgan fingerprint density at radius 2 is 2.00 bits per heavy atom. The van der Waals surface area contributed by atoms with Crippen LogP contribution < -0.4 is 5.32 Å². The van der Waals surface area contributed by atoms with E-state index in [0.717, 1.165) is 43.5 Å². The van der Waals surface area contributed by atoms with Crippen LogP contribution in [0.25, 0.3) is 0 Å². The molecule has 1 aliphatic carbocycles. The zero-order valence-corrected chi connectivity index (χ0v) is 13.2. The van der Waals surface area contributed by atoms with Gasteiger partial charge >= 0.3 is 6.18 Å². The monoisotopic (exact) mass is 362 g/mol. The number of nitrogens with zero attached hydrogens (tertiary/aromatic N) is 1. The van der Waals surface area contributed by atoms with Crippen molar-refractivity contribution in [3.8, 4) is 0 Å². The third-order valence-corrected chi connectivity index (χ3v) is 4.91. The van der Waals surface area contributed by atoms with E-state index in [1.165, 1.54) is 25.3 Å². The van der Waals surface area contributed by atoms with Crippen LogP contribution in [-0.2, 0) is 6.18 Å². The number of alkyl halides is 3. The largest absolute Gasteiger partial charge is 0.416 e. The van der Waals surface area contributed by atoms with Gasteiger partial charge in [-0.2, -0.15) is 13.2 Å². The van der Waals surface area contributed by atoms with Crippen LogP contribution in [0.2, 0.25) is 0 Å². The maximum atomic E-state index is 12.6. The van der Waals surface area contributed by atoms with Gasteiger partial charge in [-0.05, 0) is 65.9 Å². The molecule has 1 aromatic carbocycles. The number of rotatable bonds is 4. The van der Waals surface area contributed by atoms with Crippen molar-refractivity contribution in [2.24, 2.45) is 5.92 Å². The number of benzene rings is 1. The van der Waals surface area contributed by atoms with Crippen molar-refractivity contribution >= 4 is 21.6 Å². The minimum Gasteiger partial charge on any atom is -0.384 e. The number of likely N-dealkylation sites (tertiary alicyclic amines) is 1. The second-order valence-electron chi connectivity index (χ2n) is 5.95. The Morgan fingerprint density at radius 3 is 2.62 bits per heavy atom. The summed E-state index contributed by atoms with van der Waals surface area (Å²) in [7, 11) is 0. The molecule has 1 unspecified atom stereocenters. The molecule has 21 heavy (non-hydrogen) atoms. The summed E-state index contributed by atoms with van der Waals surface area (Å²) in [6, 6.07) is 4.56. The Balaban J connectivity index is 1.55. The molecular weight excluding hydrogens is 345 g/mol. The Hall–Kier alpha value is -0.750. The molecule has 2 nitrogen and oxygen atoms in total. The van der Waals surface area contributed by atoms with Gasteiger partial charge in [0.25, 0.3) is 0 Å². The minimum atomic E-state index is -4.29. The normalized spacial score (nSPS) is 23.5. The lowest BCUT2D eigenvalue weighted by Crippen LogP contribution is -2.24. The molecule has 0 radical (unpaired) electrons. The van der Waals surface area contributed by atoms with E-state index in [1.54, 1.807) is 0 Å². The zero-order chi connectivity index (χ0) is 15.0. The second kappa shape index (κ2) is 5.80. The van der Waals surface area contributed by atoms with Gasteiger partial charge in [-0.1, -0.05) is 0 Å². The Morgan fingerprint density at radius 1 is 1.24 bits per heavy atom. The van der Waals surface area contributed by atoms with Gasteiger partial charge in [0.1, 0.15) is 0 Å². The first-order chi connectivity index (χ1) is 9.93. The molecule has 0 amide bonds. The number of hydrogen-bond donors (Lipinski definition) is 1. The number of hydrogen-bond acceptors (Lipinski definition) is 2. The van der Waals surface area contributed by atoms with Crippen LogP contribution in [0.5, 0.6) is 0 Å². The van der Waals surface area contributed by atoms with Crippen LogP contribution >= 0.6 is 15.9 Å². The van der Waals surface area contributed by atoms with Crippen molar-refractivity contribution in [2.45, 2.75) is 31.5 Å². The van der Waals surface area contributed by atoms with E-state index < -0.39 is 11.7 Å². The van der Waals surface area contributed by atoms with Crippen molar-refractivity contribution in [1.29, 1.82) is 0 Å². The third-order valence-electron chi connectivity index (χ3n) is 4.26. The lowest BCUT2D eigenvalue weighted by molar-refractivity contribution is -0.137. The molecule has 0 spiro atoms. The highest BCUT2D eigenvalue weighted by Crippen LogP contribution is 2.35. The first-order valence-electron chi connectivity index (χ1n) is 7.28. The molecule has 1 saturated heterocycles. The van der Waals surface area contributed by atoms with Crippen molar-refractivity contribution in [1.82, 2.24) is 4.90 Å². The van der Waals surface area contributed by atoms with Crippen LogP contribution in [0.1, 0.15) is 24.8 Å². The minimum absolute atomic E-state index is 0.467. The number of halogens is 4. The van der Waals surface area contributed by atoms with Gasteiger partial charge in [-0.15, -0.1) is 0 Å². The van der Waals surface area contributed by atoms with E-state index in [0.29, 0.717) is 10.4 Å². The zero-order valence-electron chi connectivity index (χ0n) is 11.6. The molecule has 1 N–H and O–H groups in total. The molecule has 1 heterocycles. The van der Waals surface area contributed by atoms with Crippen LogP contribution in [0, 0.1) is 5.92 Å². The predicted octanol–water partition coefficient (Wildman–Crippen LogP) is 4.36. The lowest BCUT2D eigenvalue weighted by Gasteiger charge is -2.16. The van der Waals surface area contributed by atoms with Gasteiger partial charge in [-0.3, -0.25) is 0 Å². The molecule has 3 rings (SSSR count). The van der Waals surface area contributed by atoms with Crippen molar-refractivity contribution < 1.29 is 13.2 Å². The maximum Gasteiger partial charge on any atom is 0.416 e. The quantitative estimate of drug-likeness (QED) is 0.855. The summed E-state index contributed by atoms with van der Waals surface area (Å²) in [4.78, 5) is 2.54. The smallest absolute Gasteiger partial charge is 0.384 e. The summed E-state index contributed by atoms with van der Waals surface area (Å²) in [5.74, 6) is 0.583. The fourth-order valence-corrected chi connectivity index (χ4v) is 3.41. The molecule has 2 aliphatic rings. The summed E-state index contributed by atoms with van der Waals surface area (Å²) < 4.78 is 38.3. The van der Waals surface area contributed by atoms with Gasteiger partial charge in [-0.25, -0.2) is 0 Å². The van der Waals surface area contributed by atoms with Gasteiger partial charge in [0.2, 0.25) is 0 Å². The first-order valence-corrected chi connectivity index (χ1v) is 8.07. The van der Waals surface area contributed by atoms with Crippen LogP contribution in [0.3, 0.4) is 0 Å². The van der Waals surface area contributed by atoms with Crippen molar-refractivity contribution in [3.05, 3.63) is 28.2 Å². The lowest BCUT2D eigenvalue weighted by atomic mass is 10.1. The summed E-state index contributed by atoms with van der Waals surface area (Å²) in [5.41, 5.74) is 0.105. The summed E-state index contributed by atoms with van der Waals surface area (Å²) in [6.45, 7) is 3.08. The molecule has 1 aliphatic heterocycles. The van der Waals surface area contributed by atoms with Crippen LogP contribution in [0.15, 0.2) is 22.7 Å². The molecule has 1 atom stereocenters. The number of nitrogens with one attached hydrogen (secondary N) is 1. The van der Waals surface area contributed by atoms with E-state index in [9.17, 15) is 13.2 Å². The molecule has 1 aromatic rings. The average Bonchev–Trinajstić information content (AvgIpc) is 3.16. The molecule has 6 heteroatoms. The third kappa shape index (κ3) is 3.72. The van der Waals surface area contributed by atoms with E-state index in [-0.39, 0.29) is 0 Å². The van der Waals surface area contributed by atoms with Gasteiger partial charge in [0, 0.05) is 29.3 Å². The fourth-order valence-electron chi connectivity index (χ4n) is 2.89. The highest BCUT2D eigenvalue weighted by Gasteiger charge is 2.34. The van der Waals surface area contributed by atoms with E-state index >= 15 is 0 Å². The fraction of sp³-hybridized carbons (Fsp3) is 0.600. The van der Waals surface area contributed by atoms with Gasteiger partial charge < -0.3 is 10.2 Å². The standard InChI is InChI=1S/C15H18BrF3N2/c16-13-7-11(15(17,18)19)1-4-14(13)20-8-10-5-6-21(9-10)12-2-3-12/h1,4,7,10,12,20H,2-3,5-6,8-9H2. The molecule has 0 bridgehead atoms. The molecule has 1 saturated carbocycles. The molecule has 2 fully saturated rings. The van der Waals surface area contributed by atoms with E-state index in [4.69, 9.17) is 0 Å². The molecular formula is C15H18BrF3N2.